The summed E-state index contributed by atoms with van der Waals surface area (Å²) < 4.78 is 25.2. The SMILES string of the molecule is CCCNC(=O)c1ccccc1NC(=O)[C@H](c1ccccc1)N(C)S(C)(=O)=O. The molecule has 0 radical (unpaired) electrons. The van der Waals surface area contributed by atoms with Crippen LogP contribution in [0.15, 0.2) is 54.6 Å². The number of sulfonamides is 1. The predicted molar refractivity (Wildman–Crippen MR) is 109 cm³/mol. The molecule has 2 amide bonds. The summed E-state index contributed by atoms with van der Waals surface area (Å²) in [4.78, 5) is 25.4. The predicted octanol–water partition coefficient (Wildman–Crippen LogP) is 2.40. The van der Waals surface area contributed by atoms with E-state index >= 15 is 0 Å². The molecule has 0 fully saturated rings. The molecule has 0 aromatic heterocycles. The minimum absolute atomic E-state index is 0.300. The van der Waals surface area contributed by atoms with Crippen LogP contribution in [0.4, 0.5) is 5.69 Å². The molecule has 0 saturated heterocycles. The highest BCUT2D eigenvalue weighted by Gasteiger charge is 2.31. The van der Waals surface area contributed by atoms with Gasteiger partial charge in [-0.05, 0) is 24.1 Å². The summed E-state index contributed by atoms with van der Waals surface area (Å²) in [5, 5.41) is 5.49. The fraction of sp³-hybridized carbons (Fsp3) is 0.300. The molecule has 2 aromatic carbocycles. The Balaban J connectivity index is 2.36. The number of likely N-dealkylation sites (N-methyl/N-ethyl adjacent to an activating group) is 1. The van der Waals surface area contributed by atoms with Crippen molar-refractivity contribution < 1.29 is 18.0 Å². The second-order valence-corrected chi connectivity index (χ2v) is 8.43. The largest absolute Gasteiger partial charge is 0.352 e. The third kappa shape index (κ3) is 5.40. The quantitative estimate of drug-likeness (QED) is 0.707. The number of para-hydroxylation sites is 1. The van der Waals surface area contributed by atoms with Crippen molar-refractivity contribution in [3.8, 4) is 0 Å². The molecule has 2 N–H and O–H groups in total. The first-order valence-electron chi connectivity index (χ1n) is 8.91. The van der Waals surface area contributed by atoms with Gasteiger partial charge in [0.15, 0.2) is 0 Å². The van der Waals surface area contributed by atoms with Gasteiger partial charge in [-0.15, -0.1) is 0 Å². The van der Waals surface area contributed by atoms with Gasteiger partial charge in [0.2, 0.25) is 15.9 Å². The molecule has 0 aliphatic carbocycles. The van der Waals surface area contributed by atoms with Crippen LogP contribution in [0.1, 0.15) is 35.3 Å². The Kier molecular flexibility index (Phi) is 7.31. The molecule has 0 aliphatic heterocycles. The number of nitrogens with one attached hydrogen (secondary N) is 2. The number of hydrogen-bond acceptors (Lipinski definition) is 4. The maximum absolute atomic E-state index is 13.0. The highest BCUT2D eigenvalue weighted by atomic mass is 32.2. The molecule has 0 spiro atoms. The number of anilines is 1. The Morgan fingerprint density at radius 2 is 1.64 bits per heavy atom. The first-order valence-corrected chi connectivity index (χ1v) is 10.8. The van der Waals surface area contributed by atoms with Gasteiger partial charge in [-0.1, -0.05) is 49.4 Å². The van der Waals surface area contributed by atoms with Crippen molar-refractivity contribution in [2.24, 2.45) is 0 Å². The Morgan fingerprint density at radius 1 is 1.04 bits per heavy atom. The number of rotatable bonds is 8. The van der Waals surface area contributed by atoms with Crippen LogP contribution < -0.4 is 10.6 Å². The van der Waals surface area contributed by atoms with Gasteiger partial charge in [0, 0.05) is 13.6 Å². The number of carbonyl (C=O) groups excluding carboxylic acids is 2. The summed E-state index contributed by atoms with van der Waals surface area (Å²) >= 11 is 0. The molecule has 1 atom stereocenters. The molecular weight excluding hydrogens is 378 g/mol. The van der Waals surface area contributed by atoms with Gasteiger partial charge in [-0.25, -0.2) is 8.42 Å². The van der Waals surface area contributed by atoms with Crippen LogP contribution in [-0.2, 0) is 14.8 Å². The number of hydrogen-bond donors (Lipinski definition) is 2. The van der Waals surface area contributed by atoms with Crippen molar-refractivity contribution in [3.05, 3.63) is 65.7 Å². The first kappa shape index (κ1) is 21.6. The van der Waals surface area contributed by atoms with Crippen molar-refractivity contribution in [2.75, 3.05) is 25.2 Å². The zero-order valence-electron chi connectivity index (χ0n) is 16.2. The lowest BCUT2D eigenvalue weighted by Gasteiger charge is -2.26. The van der Waals surface area contributed by atoms with Crippen molar-refractivity contribution >= 4 is 27.5 Å². The highest BCUT2D eigenvalue weighted by Crippen LogP contribution is 2.25. The van der Waals surface area contributed by atoms with Gasteiger partial charge in [-0.3, -0.25) is 9.59 Å². The lowest BCUT2D eigenvalue weighted by molar-refractivity contribution is -0.119. The molecular formula is C20H25N3O4S. The number of benzene rings is 2. The van der Waals surface area contributed by atoms with Gasteiger partial charge in [0.05, 0.1) is 17.5 Å². The molecule has 0 heterocycles. The van der Waals surface area contributed by atoms with Gasteiger partial charge >= 0.3 is 0 Å². The van der Waals surface area contributed by atoms with E-state index in [1.165, 1.54) is 7.05 Å². The number of nitrogens with zero attached hydrogens (tertiary/aromatic N) is 1. The Labute approximate surface area is 165 Å². The van der Waals surface area contributed by atoms with Crippen LogP contribution in [0.2, 0.25) is 0 Å². The fourth-order valence-electron chi connectivity index (χ4n) is 2.68. The van der Waals surface area contributed by atoms with E-state index in [9.17, 15) is 18.0 Å². The second-order valence-electron chi connectivity index (χ2n) is 6.38. The molecule has 2 aromatic rings. The van der Waals surface area contributed by atoms with Crippen LogP contribution in [0.3, 0.4) is 0 Å². The summed E-state index contributed by atoms with van der Waals surface area (Å²) in [5.41, 5.74) is 1.17. The summed E-state index contributed by atoms with van der Waals surface area (Å²) in [5.74, 6) is -0.847. The summed E-state index contributed by atoms with van der Waals surface area (Å²) in [6, 6.07) is 14.2. The fourth-order valence-corrected chi connectivity index (χ4v) is 3.28. The van der Waals surface area contributed by atoms with Crippen LogP contribution in [-0.4, -0.2) is 44.4 Å². The standard InChI is InChI=1S/C20H25N3O4S/c1-4-14-21-19(24)16-12-8-9-13-17(16)22-20(25)18(23(2)28(3,26)27)15-10-6-5-7-11-15/h5-13,18H,4,14H2,1-3H3,(H,21,24)(H,22,25)/t18-/m0/s1. The van der Waals surface area contributed by atoms with E-state index in [-0.39, 0.29) is 5.91 Å². The van der Waals surface area contributed by atoms with E-state index in [2.05, 4.69) is 10.6 Å². The molecule has 2 rings (SSSR count). The van der Waals surface area contributed by atoms with Gasteiger partial charge in [-0.2, -0.15) is 4.31 Å². The molecule has 150 valence electrons. The Morgan fingerprint density at radius 3 is 2.25 bits per heavy atom. The molecule has 0 aliphatic rings. The topological polar surface area (TPSA) is 95.6 Å². The van der Waals surface area contributed by atoms with Crippen molar-refractivity contribution in [3.63, 3.8) is 0 Å². The summed E-state index contributed by atoms with van der Waals surface area (Å²) in [7, 11) is -2.28. The van der Waals surface area contributed by atoms with E-state index < -0.39 is 22.0 Å². The monoisotopic (exact) mass is 403 g/mol. The maximum atomic E-state index is 13.0. The van der Waals surface area contributed by atoms with E-state index in [0.29, 0.717) is 23.4 Å². The average molecular weight is 404 g/mol. The Bertz CT molecular complexity index is 929. The van der Waals surface area contributed by atoms with Gasteiger partial charge < -0.3 is 10.6 Å². The first-order chi connectivity index (χ1) is 13.3. The lowest BCUT2D eigenvalue weighted by Crippen LogP contribution is -2.38. The Hall–Kier alpha value is -2.71. The highest BCUT2D eigenvalue weighted by molar-refractivity contribution is 7.88. The molecule has 8 heteroatoms. The van der Waals surface area contributed by atoms with E-state index in [1.807, 2.05) is 6.92 Å². The molecule has 0 saturated carbocycles. The zero-order valence-corrected chi connectivity index (χ0v) is 17.0. The average Bonchev–Trinajstić information content (AvgIpc) is 2.66. The van der Waals surface area contributed by atoms with Crippen LogP contribution in [0, 0.1) is 0 Å². The summed E-state index contributed by atoms with van der Waals surface area (Å²) in [6.07, 6.45) is 1.83. The normalized spacial score (nSPS) is 12.4. The van der Waals surface area contributed by atoms with E-state index in [4.69, 9.17) is 0 Å². The number of amides is 2. The third-order valence-electron chi connectivity index (χ3n) is 4.22. The smallest absolute Gasteiger partial charge is 0.253 e. The van der Waals surface area contributed by atoms with E-state index in [0.717, 1.165) is 17.0 Å². The van der Waals surface area contributed by atoms with E-state index in [1.54, 1.807) is 54.6 Å². The van der Waals surface area contributed by atoms with Crippen molar-refractivity contribution in [1.82, 2.24) is 9.62 Å². The summed E-state index contributed by atoms with van der Waals surface area (Å²) in [6.45, 7) is 2.46. The molecule has 0 bridgehead atoms. The lowest BCUT2D eigenvalue weighted by atomic mass is 10.1. The van der Waals surface area contributed by atoms with Crippen LogP contribution in [0.5, 0.6) is 0 Å². The molecule has 0 unspecified atom stereocenters. The van der Waals surface area contributed by atoms with Crippen LogP contribution >= 0.6 is 0 Å². The third-order valence-corrected chi connectivity index (χ3v) is 5.47. The minimum atomic E-state index is -3.63. The van der Waals surface area contributed by atoms with Crippen molar-refractivity contribution in [1.29, 1.82) is 0 Å². The van der Waals surface area contributed by atoms with Gasteiger partial charge in [0.25, 0.3) is 5.91 Å². The minimum Gasteiger partial charge on any atom is -0.352 e. The molecule has 7 nitrogen and oxygen atoms in total. The van der Waals surface area contributed by atoms with Gasteiger partial charge in [0.1, 0.15) is 6.04 Å². The van der Waals surface area contributed by atoms with Crippen molar-refractivity contribution in [2.45, 2.75) is 19.4 Å². The zero-order chi connectivity index (χ0) is 20.7. The van der Waals surface area contributed by atoms with Crippen LogP contribution in [0.25, 0.3) is 0 Å². The number of carbonyl (C=O) groups is 2. The molecule has 28 heavy (non-hydrogen) atoms. The maximum Gasteiger partial charge on any atom is 0.253 e. The second kappa shape index (κ2) is 9.48.